The molecule has 4 rings (SSSR count). The van der Waals surface area contributed by atoms with Crippen LogP contribution in [0, 0.1) is 5.41 Å². The number of benzene rings is 1. The molecule has 1 aromatic carbocycles. The zero-order valence-corrected chi connectivity index (χ0v) is 12.9. The second-order valence-electron chi connectivity index (χ2n) is 7.00. The zero-order chi connectivity index (χ0) is 15.4. The summed E-state index contributed by atoms with van der Waals surface area (Å²) < 4.78 is 11.4. The van der Waals surface area contributed by atoms with Gasteiger partial charge in [0.25, 0.3) is 0 Å². The summed E-state index contributed by atoms with van der Waals surface area (Å²) in [6.45, 7) is 0. The summed E-state index contributed by atoms with van der Waals surface area (Å²) in [4.78, 5) is 12.5. The first kappa shape index (κ1) is 14.2. The van der Waals surface area contributed by atoms with Crippen molar-refractivity contribution in [2.45, 2.75) is 56.3 Å². The maximum absolute atomic E-state index is 12.5. The van der Waals surface area contributed by atoms with E-state index in [9.17, 15) is 9.90 Å². The van der Waals surface area contributed by atoms with E-state index in [0.717, 1.165) is 31.2 Å². The SMILES string of the molecule is COC(=O)[C@@]12CCC[C@]1(O)O[C@@]1(CCCc3ccccc31)C2. The third kappa shape index (κ3) is 1.62. The second-order valence-corrected chi connectivity index (χ2v) is 7.00. The summed E-state index contributed by atoms with van der Waals surface area (Å²) in [7, 11) is 1.40. The number of rotatable bonds is 1. The van der Waals surface area contributed by atoms with Crippen molar-refractivity contribution < 1.29 is 19.4 Å². The third-order valence-electron chi connectivity index (χ3n) is 5.93. The molecule has 3 aliphatic rings. The van der Waals surface area contributed by atoms with Crippen LogP contribution in [0.3, 0.4) is 0 Å². The topological polar surface area (TPSA) is 55.8 Å². The van der Waals surface area contributed by atoms with E-state index in [1.807, 2.05) is 12.1 Å². The number of esters is 1. The molecule has 0 unspecified atom stereocenters. The van der Waals surface area contributed by atoms with E-state index in [2.05, 4.69) is 12.1 Å². The van der Waals surface area contributed by atoms with Crippen molar-refractivity contribution in [3.63, 3.8) is 0 Å². The Bertz CT molecular complexity index is 627. The number of carbonyl (C=O) groups is 1. The predicted octanol–water partition coefficient (Wildman–Crippen LogP) is 2.67. The Morgan fingerprint density at radius 3 is 2.86 bits per heavy atom. The van der Waals surface area contributed by atoms with Gasteiger partial charge in [0.05, 0.1) is 12.7 Å². The number of fused-ring (bicyclic) bond motifs is 3. The third-order valence-corrected chi connectivity index (χ3v) is 5.93. The van der Waals surface area contributed by atoms with Crippen LogP contribution in [0.1, 0.15) is 49.7 Å². The maximum Gasteiger partial charge on any atom is 0.317 e. The van der Waals surface area contributed by atoms with Crippen molar-refractivity contribution in [3.8, 4) is 0 Å². The normalized spacial score (nSPS) is 39.5. The number of aliphatic hydroxyl groups is 1. The number of carbonyl (C=O) groups excluding carboxylic acids is 1. The Hall–Kier alpha value is -1.39. The van der Waals surface area contributed by atoms with Gasteiger partial charge in [0.1, 0.15) is 5.41 Å². The summed E-state index contributed by atoms with van der Waals surface area (Å²) in [6.07, 6.45) is 5.37. The van der Waals surface area contributed by atoms with Crippen LogP contribution >= 0.6 is 0 Å². The lowest BCUT2D eigenvalue weighted by Crippen LogP contribution is -2.46. The summed E-state index contributed by atoms with van der Waals surface area (Å²) >= 11 is 0. The highest BCUT2D eigenvalue weighted by Crippen LogP contribution is 2.64. The van der Waals surface area contributed by atoms with E-state index >= 15 is 0 Å². The van der Waals surface area contributed by atoms with Gasteiger partial charge in [-0.1, -0.05) is 24.3 Å². The van der Waals surface area contributed by atoms with Gasteiger partial charge in [-0.05, 0) is 43.2 Å². The number of hydrogen-bond donors (Lipinski definition) is 1. The lowest BCUT2D eigenvalue weighted by atomic mass is 9.70. The fraction of sp³-hybridized carbons (Fsp3) is 0.611. The maximum atomic E-state index is 12.5. The molecule has 1 saturated carbocycles. The molecule has 2 fully saturated rings. The molecule has 1 heterocycles. The van der Waals surface area contributed by atoms with Gasteiger partial charge >= 0.3 is 5.97 Å². The van der Waals surface area contributed by atoms with Gasteiger partial charge in [0.2, 0.25) is 0 Å². The Balaban J connectivity index is 1.83. The van der Waals surface area contributed by atoms with E-state index in [1.54, 1.807) is 0 Å². The number of ether oxygens (including phenoxy) is 2. The van der Waals surface area contributed by atoms with Gasteiger partial charge in [-0.3, -0.25) is 4.79 Å². The number of aryl methyl sites for hydroxylation is 1. The summed E-state index contributed by atoms with van der Waals surface area (Å²) in [6, 6.07) is 8.27. The largest absolute Gasteiger partial charge is 0.468 e. The van der Waals surface area contributed by atoms with Crippen LogP contribution < -0.4 is 0 Å². The van der Waals surface area contributed by atoms with Crippen molar-refractivity contribution in [2.24, 2.45) is 5.41 Å². The molecule has 0 radical (unpaired) electrons. The summed E-state index contributed by atoms with van der Waals surface area (Å²) in [5.41, 5.74) is 0.967. The molecule has 1 N–H and O–H groups in total. The highest BCUT2D eigenvalue weighted by atomic mass is 16.7. The fourth-order valence-electron chi connectivity index (χ4n) is 4.99. The minimum absolute atomic E-state index is 0.326. The highest BCUT2D eigenvalue weighted by molar-refractivity contribution is 5.79. The molecule has 1 spiro atoms. The van der Waals surface area contributed by atoms with Gasteiger partial charge in [-0.2, -0.15) is 0 Å². The zero-order valence-electron chi connectivity index (χ0n) is 12.9. The molecule has 0 amide bonds. The van der Waals surface area contributed by atoms with Gasteiger partial charge in [-0.25, -0.2) is 0 Å². The van der Waals surface area contributed by atoms with Crippen molar-refractivity contribution >= 4 is 5.97 Å². The molecule has 1 aliphatic heterocycles. The Labute approximate surface area is 130 Å². The van der Waals surface area contributed by atoms with Gasteiger partial charge in [-0.15, -0.1) is 0 Å². The lowest BCUT2D eigenvalue weighted by molar-refractivity contribution is -0.255. The molecule has 2 aliphatic carbocycles. The minimum Gasteiger partial charge on any atom is -0.468 e. The number of hydrogen-bond acceptors (Lipinski definition) is 4. The van der Waals surface area contributed by atoms with E-state index < -0.39 is 16.8 Å². The first-order chi connectivity index (χ1) is 10.6. The standard InChI is InChI=1S/C18H22O4/c1-21-15(19)16-9-5-11-18(16,20)22-17(12-16)10-4-7-13-6-2-3-8-14(13)17/h2-3,6,8,20H,4-5,7,9-12H2,1H3/t16-,17-,18-/m0/s1. The first-order valence-electron chi connectivity index (χ1n) is 8.15. The van der Waals surface area contributed by atoms with Crippen LogP contribution in [-0.2, 0) is 26.3 Å². The lowest BCUT2D eigenvalue weighted by Gasteiger charge is -2.37. The quantitative estimate of drug-likeness (QED) is 0.810. The molecule has 1 saturated heterocycles. The van der Waals surface area contributed by atoms with Crippen LogP contribution in [0.4, 0.5) is 0 Å². The first-order valence-corrected chi connectivity index (χ1v) is 8.15. The van der Waals surface area contributed by atoms with Crippen LogP contribution in [0.5, 0.6) is 0 Å². The Kier molecular flexibility index (Phi) is 2.94. The van der Waals surface area contributed by atoms with Crippen molar-refractivity contribution in [1.29, 1.82) is 0 Å². The molecule has 4 heteroatoms. The summed E-state index contributed by atoms with van der Waals surface area (Å²) in [5, 5.41) is 11.1. The van der Waals surface area contributed by atoms with Crippen molar-refractivity contribution in [1.82, 2.24) is 0 Å². The number of methoxy groups -OCH3 is 1. The predicted molar refractivity (Wildman–Crippen MR) is 80.0 cm³/mol. The molecule has 3 atom stereocenters. The monoisotopic (exact) mass is 302 g/mol. The highest BCUT2D eigenvalue weighted by Gasteiger charge is 2.71. The molecular weight excluding hydrogens is 280 g/mol. The molecule has 1 aromatic rings. The van der Waals surface area contributed by atoms with E-state index in [4.69, 9.17) is 9.47 Å². The Morgan fingerprint density at radius 1 is 1.23 bits per heavy atom. The van der Waals surface area contributed by atoms with Crippen LogP contribution in [0.15, 0.2) is 24.3 Å². The second kappa shape index (κ2) is 4.56. The van der Waals surface area contributed by atoms with Crippen LogP contribution in [0.25, 0.3) is 0 Å². The van der Waals surface area contributed by atoms with Crippen LogP contribution in [0.2, 0.25) is 0 Å². The smallest absolute Gasteiger partial charge is 0.317 e. The molecular formula is C18H22O4. The summed E-state index contributed by atoms with van der Waals surface area (Å²) in [5.74, 6) is -1.71. The van der Waals surface area contributed by atoms with Crippen molar-refractivity contribution in [2.75, 3.05) is 7.11 Å². The molecule has 22 heavy (non-hydrogen) atoms. The molecule has 0 bridgehead atoms. The van der Waals surface area contributed by atoms with Gasteiger partial charge in [0, 0.05) is 12.8 Å². The van der Waals surface area contributed by atoms with E-state index in [0.29, 0.717) is 19.3 Å². The molecule has 0 aromatic heterocycles. The van der Waals surface area contributed by atoms with Crippen molar-refractivity contribution in [3.05, 3.63) is 35.4 Å². The molecule has 4 nitrogen and oxygen atoms in total. The molecule has 118 valence electrons. The van der Waals surface area contributed by atoms with E-state index in [1.165, 1.54) is 12.7 Å². The van der Waals surface area contributed by atoms with E-state index in [-0.39, 0.29) is 5.97 Å². The average Bonchev–Trinajstić information content (AvgIpc) is 2.95. The minimum atomic E-state index is -1.38. The average molecular weight is 302 g/mol. The fourth-order valence-corrected chi connectivity index (χ4v) is 4.99. The van der Waals surface area contributed by atoms with Gasteiger partial charge in [0.15, 0.2) is 5.79 Å². The van der Waals surface area contributed by atoms with Gasteiger partial charge < -0.3 is 14.6 Å². The van der Waals surface area contributed by atoms with Crippen LogP contribution in [-0.4, -0.2) is 24.0 Å². The Morgan fingerprint density at radius 2 is 2.05 bits per heavy atom.